The molecule has 0 aliphatic heterocycles. The largest absolute Gasteiger partial charge is 0.475 e. The normalized spacial score (nSPS) is 16.0. The minimum Gasteiger partial charge on any atom is -0.475 e. The summed E-state index contributed by atoms with van der Waals surface area (Å²) in [5, 5.41) is 13.5. The van der Waals surface area contributed by atoms with Gasteiger partial charge in [0.25, 0.3) is 5.88 Å². The minimum absolute atomic E-state index is 0.0771. The number of carbonyl (C=O) groups excluding carboxylic acids is 1. The summed E-state index contributed by atoms with van der Waals surface area (Å²) in [6.07, 6.45) is 7.41. The Bertz CT molecular complexity index is 900. The summed E-state index contributed by atoms with van der Waals surface area (Å²) in [6.45, 7) is 2.73. The van der Waals surface area contributed by atoms with Crippen molar-refractivity contribution in [1.29, 1.82) is 0 Å². The maximum atomic E-state index is 13.1. The van der Waals surface area contributed by atoms with Crippen LogP contribution >= 0.6 is 11.3 Å². The van der Waals surface area contributed by atoms with Crippen LogP contribution in [-0.4, -0.2) is 32.1 Å². The number of hydrogen-bond acceptors (Lipinski definition) is 6. The third-order valence-electron chi connectivity index (χ3n) is 4.94. The van der Waals surface area contributed by atoms with Gasteiger partial charge in [-0.25, -0.2) is 4.98 Å². The monoisotopic (exact) mass is 371 g/mol. The minimum atomic E-state index is -0.396. The molecule has 8 heteroatoms. The Morgan fingerprint density at radius 1 is 1.38 bits per heavy atom. The predicted molar refractivity (Wildman–Crippen MR) is 98.3 cm³/mol. The lowest BCUT2D eigenvalue weighted by Gasteiger charge is -2.26. The lowest BCUT2D eigenvalue weighted by Crippen LogP contribution is -2.42. The number of nitrogens with one attached hydrogen (secondary N) is 1. The topological polar surface area (TPSA) is 81.4 Å². The molecular formula is C18H21N5O2S. The highest BCUT2D eigenvalue weighted by Crippen LogP contribution is 2.43. The van der Waals surface area contributed by atoms with Gasteiger partial charge in [-0.2, -0.15) is 0 Å². The zero-order valence-corrected chi connectivity index (χ0v) is 15.5. The van der Waals surface area contributed by atoms with Crippen LogP contribution in [0.25, 0.3) is 5.65 Å². The number of rotatable bonds is 6. The number of ether oxygens (including phenoxy) is 1. The molecule has 0 radical (unpaired) electrons. The van der Waals surface area contributed by atoms with Gasteiger partial charge in [-0.05, 0) is 31.2 Å². The van der Waals surface area contributed by atoms with E-state index in [4.69, 9.17) is 4.74 Å². The molecule has 7 nitrogen and oxygen atoms in total. The van der Waals surface area contributed by atoms with Gasteiger partial charge in [-0.1, -0.05) is 18.9 Å². The van der Waals surface area contributed by atoms with E-state index in [1.807, 2.05) is 22.8 Å². The van der Waals surface area contributed by atoms with Gasteiger partial charge in [0, 0.05) is 17.3 Å². The molecule has 136 valence electrons. The van der Waals surface area contributed by atoms with E-state index in [9.17, 15) is 4.79 Å². The highest BCUT2D eigenvalue weighted by atomic mass is 32.1. The van der Waals surface area contributed by atoms with Crippen LogP contribution < -0.4 is 10.1 Å². The van der Waals surface area contributed by atoms with E-state index in [1.165, 1.54) is 0 Å². The summed E-state index contributed by atoms with van der Waals surface area (Å²) in [7, 11) is 0. The molecule has 1 aliphatic carbocycles. The standard InChI is InChI=1S/C18H21N5O2S/c1-2-25-16-15-22-21-14(23(15)10-9-19-16)12-20-17(24)18(7-3-4-8-18)13-6-5-11-26-13/h5-6,9-11H,2-4,7-8,12H2,1H3,(H,20,24). The van der Waals surface area contributed by atoms with Gasteiger partial charge in [0.2, 0.25) is 11.6 Å². The van der Waals surface area contributed by atoms with Crippen LogP contribution in [0, 0.1) is 0 Å². The second-order valence-corrected chi connectivity index (χ2v) is 7.37. The first-order valence-corrected chi connectivity index (χ1v) is 9.76. The van der Waals surface area contributed by atoms with Crippen LogP contribution in [0.3, 0.4) is 0 Å². The van der Waals surface area contributed by atoms with Crippen molar-refractivity contribution < 1.29 is 9.53 Å². The number of amides is 1. The zero-order chi connectivity index (χ0) is 18.0. The average Bonchev–Trinajstić information content (AvgIpc) is 3.40. The summed E-state index contributed by atoms with van der Waals surface area (Å²) in [6, 6.07) is 4.09. The Morgan fingerprint density at radius 2 is 2.23 bits per heavy atom. The molecule has 0 saturated heterocycles. The van der Waals surface area contributed by atoms with E-state index >= 15 is 0 Å². The quantitative estimate of drug-likeness (QED) is 0.720. The van der Waals surface area contributed by atoms with Gasteiger partial charge in [0.05, 0.1) is 18.6 Å². The first kappa shape index (κ1) is 17.0. The van der Waals surface area contributed by atoms with Gasteiger partial charge >= 0.3 is 0 Å². The van der Waals surface area contributed by atoms with Gasteiger partial charge in [-0.15, -0.1) is 21.5 Å². The number of nitrogens with zero attached hydrogens (tertiary/aromatic N) is 4. The Hall–Kier alpha value is -2.48. The summed E-state index contributed by atoms with van der Waals surface area (Å²) >= 11 is 1.66. The van der Waals surface area contributed by atoms with Crippen LogP contribution in [0.4, 0.5) is 0 Å². The maximum Gasteiger partial charge on any atom is 0.260 e. The van der Waals surface area contributed by atoms with E-state index in [0.29, 0.717) is 30.5 Å². The molecule has 26 heavy (non-hydrogen) atoms. The molecule has 0 unspecified atom stereocenters. The molecule has 3 heterocycles. The Balaban J connectivity index is 1.54. The van der Waals surface area contributed by atoms with Crippen molar-refractivity contribution in [3.05, 3.63) is 40.6 Å². The second-order valence-electron chi connectivity index (χ2n) is 6.42. The number of carbonyl (C=O) groups is 1. The van der Waals surface area contributed by atoms with E-state index in [0.717, 1.165) is 30.6 Å². The second kappa shape index (κ2) is 7.03. The van der Waals surface area contributed by atoms with Crippen molar-refractivity contribution in [3.63, 3.8) is 0 Å². The summed E-state index contributed by atoms with van der Waals surface area (Å²) in [4.78, 5) is 18.4. The molecule has 1 amide bonds. The van der Waals surface area contributed by atoms with Crippen molar-refractivity contribution >= 4 is 22.9 Å². The molecule has 1 N–H and O–H groups in total. The van der Waals surface area contributed by atoms with Gasteiger partial charge in [0.1, 0.15) is 0 Å². The molecule has 0 bridgehead atoms. The number of hydrogen-bond donors (Lipinski definition) is 1. The van der Waals surface area contributed by atoms with Crippen molar-refractivity contribution in [3.8, 4) is 5.88 Å². The fourth-order valence-electron chi connectivity index (χ4n) is 3.65. The average molecular weight is 371 g/mol. The highest BCUT2D eigenvalue weighted by molar-refractivity contribution is 7.10. The molecule has 1 aliphatic rings. The number of thiophene rings is 1. The third kappa shape index (κ3) is 2.84. The van der Waals surface area contributed by atoms with E-state index in [2.05, 4.69) is 26.6 Å². The lowest BCUT2D eigenvalue weighted by molar-refractivity contribution is -0.126. The first-order valence-electron chi connectivity index (χ1n) is 8.88. The Kier molecular flexibility index (Phi) is 4.58. The van der Waals surface area contributed by atoms with Gasteiger partial charge < -0.3 is 10.1 Å². The molecular weight excluding hydrogens is 350 g/mol. The molecule has 0 aromatic carbocycles. The predicted octanol–water partition coefficient (Wildman–Crippen LogP) is 2.71. The van der Waals surface area contributed by atoms with Crippen LogP contribution in [0.5, 0.6) is 5.88 Å². The Morgan fingerprint density at radius 3 is 2.96 bits per heavy atom. The van der Waals surface area contributed by atoms with Gasteiger partial charge in [-0.3, -0.25) is 9.20 Å². The molecule has 1 saturated carbocycles. The van der Waals surface area contributed by atoms with Crippen molar-refractivity contribution in [2.75, 3.05) is 6.61 Å². The van der Waals surface area contributed by atoms with Crippen LogP contribution in [0.2, 0.25) is 0 Å². The molecule has 3 aromatic rings. The Labute approximate surface area is 155 Å². The molecule has 1 fully saturated rings. The van der Waals surface area contributed by atoms with Crippen molar-refractivity contribution in [1.82, 2.24) is 24.9 Å². The molecule has 4 rings (SSSR count). The molecule has 3 aromatic heterocycles. The maximum absolute atomic E-state index is 13.1. The number of aromatic nitrogens is 4. The van der Waals surface area contributed by atoms with Crippen LogP contribution in [-0.2, 0) is 16.8 Å². The van der Waals surface area contributed by atoms with Crippen molar-refractivity contribution in [2.45, 2.75) is 44.6 Å². The van der Waals surface area contributed by atoms with Crippen molar-refractivity contribution in [2.24, 2.45) is 0 Å². The SMILES string of the molecule is CCOc1nccn2c(CNC(=O)C3(c4cccs4)CCCC3)nnc12. The number of fused-ring (bicyclic) bond motifs is 1. The zero-order valence-electron chi connectivity index (χ0n) is 14.6. The summed E-state index contributed by atoms with van der Waals surface area (Å²) in [5.41, 5.74) is 0.166. The van der Waals surface area contributed by atoms with Crippen LogP contribution in [0.1, 0.15) is 43.3 Å². The fraction of sp³-hybridized carbons (Fsp3) is 0.444. The molecule has 0 atom stereocenters. The fourth-order valence-corrected chi connectivity index (χ4v) is 4.64. The van der Waals surface area contributed by atoms with Crippen LogP contribution in [0.15, 0.2) is 29.9 Å². The summed E-state index contributed by atoms with van der Waals surface area (Å²) in [5.74, 6) is 1.19. The smallest absolute Gasteiger partial charge is 0.260 e. The van der Waals surface area contributed by atoms with E-state index in [-0.39, 0.29) is 5.91 Å². The third-order valence-corrected chi connectivity index (χ3v) is 6.01. The highest BCUT2D eigenvalue weighted by Gasteiger charge is 2.43. The lowest BCUT2D eigenvalue weighted by atomic mass is 9.83. The first-order chi connectivity index (χ1) is 12.7. The van der Waals surface area contributed by atoms with E-state index in [1.54, 1.807) is 23.7 Å². The van der Waals surface area contributed by atoms with Gasteiger partial charge in [0.15, 0.2) is 5.82 Å². The van der Waals surface area contributed by atoms with E-state index < -0.39 is 5.41 Å². The summed E-state index contributed by atoms with van der Waals surface area (Å²) < 4.78 is 7.29. The molecule has 0 spiro atoms.